The summed E-state index contributed by atoms with van der Waals surface area (Å²) < 4.78 is 39.5. The second-order valence-electron chi connectivity index (χ2n) is 17.7. The van der Waals surface area contributed by atoms with Crippen LogP contribution in [0.25, 0.3) is 0 Å². The van der Waals surface area contributed by atoms with Crippen molar-refractivity contribution in [1.82, 2.24) is 15.1 Å². The van der Waals surface area contributed by atoms with Crippen LogP contribution in [0.3, 0.4) is 0 Å². The van der Waals surface area contributed by atoms with Crippen molar-refractivity contribution in [3.8, 4) is 0 Å². The Bertz CT molecular complexity index is 1440. The predicted molar refractivity (Wildman–Crippen MR) is 208 cm³/mol. The first-order chi connectivity index (χ1) is 26.3. The van der Waals surface area contributed by atoms with Gasteiger partial charge in [-0.05, 0) is 86.0 Å². The minimum Gasteiger partial charge on any atom is -0.459 e. The van der Waals surface area contributed by atoms with E-state index >= 15 is 0 Å². The van der Waals surface area contributed by atoms with E-state index in [1.165, 1.54) is 6.92 Å². The molecule has 318 valence electrons. The highest BCUT2D eigenvalue weighted by atomic mass is 16.7. The van der Waals surface area contributed by atoms with Crippen LogP contribution in [0.4, 0.5) is 4.79 Å². The van der Waals surface area contributed by atoms with E-state index in [1.807, 2.05) is 70.1 Å². The molecule has 14 atom stereocenters. The number of cyclic esters (lactones) is 1. The van der Waals surface area contributed by atoms with E-state index in [9.17, 15) is 24.9 Å². The summed E-state index contributed by atoms with van der Waals surface area (Å²) in [7, 11) is 3.85. The van der Waals surface area contributed by atoms with E-state index < -0.39 is 83.7 Å². The van der Waals surface area contributed by atoms with Gasteiger partial charge in [-0.25, -0.2) is 4.79 Å². The molecule has 4 heterocycles. The molecule has 1 aromatic rings. The summed E-state index contributed by atoms with van der Waals surface area (Å²) in [4.78, 5) is 31.2. The van der Waals surface area contributed by atoms with Crippen LogP contribution in [0.15, 0.2) is 30.3 Å². The summed E-state index contributed by atoms with van der Waals surface area (Å²) in [5.74, 6) is -3.26. The molecule has 0 saturated carbocycles. The average Bonchev–Trinajstić information content (AvgIpc) is 3.24. The van der Waals surface area contributed by atoms with Crippen LogP contribution in [0.5, 0.6) is 0 Å². The molecule has 4 N–H and O–H groups in total. The second-order valence-corrected chi connectivity index (χ2v) is 17.7. The molecule has 56 heavy (non-hydrogen) atoms. The number of likely N-dealkylation sites (tertiary alicyclic amines) is 1. The van der Waals surface area contributed by atoms with Gasteiger partial charge in [0, 0.05) is 43.9 Å². The lowest BCUT2D eigenvalue weighted by atomic mass is 9.78. The van der Waals surface area contributed by atoms with Crippen LogP contribution in [-0.4, -0.2) is 143 Å². The lowest BCUT2D eigenvalue weighted by Gasteiger charge is -2.48. The van der Waals surface area contributed by atoms with Crippen molar-refractivity contribution in [3.05, 3.63) is 35.9 Å². The third-order valence-corrected chi connectivity index (χ3v) is 12.7. The molecule has 2 unspecified atom stereocenters. The molecule has 2 bridgehead atoms. The lowest BCUT2D eigenvalue weighted by Crippen LogP contribution is -2.60. The van der Waals surface area contributed by atoms with Gasteiger partial charge in [-0.15, -0.1) is 0 Å². The van der Waals surface area contributed by atoms with Crippen molar-refractivity contribution in [2.75, 3.05) is 33.7 Å². The molecule has 4 aliphatic rings. The molecule has 5 rings (SSSR count). The number of nitrogens with one attached hydrogen (secondary N) is 1. The fourth-order valence-corrected chi connectivity index (χ4v) is 9.39. The van der Waals surface area contributed by atoms with Gasteiger partial charge < -0.3 is 58.9 Å². The molecule has 4 saturated heterocycles. The molecular weight excluding hydrogens is 722 g/mol. The summed E-state index contributed by atoms with van der Waals surface area (Å²) in [5.41, 5.74) is -1.92. The van der Waals surface area contributed by atoms with Crippen LogP contribution in [0.1, 0.15) is 93.1 Å². The zero-order valence-corrected chi connectivity index (χ0v) is 35.2. The maximum Gasteiger partial charge on any atom is 0.410 e. The molecule has 0 radical (unpaired) electrons. The van der Waals surface area contributed by atoms with Gasteiger partial charge in [-0.3, -0.25) is 4.79 Å². The Morgan fingerprint density at radius 3 is 2.34 bits per heavy atom. The quantitative estimate of drug-likeness (QED) is 0.307. The predicted octanol–water partition coefficient (Wildman–Crippen LogP) is 3.82. The van der Waals surface area contributed by atoms with Crippen molar-refractivity contribution >= 4 is 12.1 Å². The molecule has 1 amide bonds. The van der Waals surface area contributed by atoms with E-state index in [4.69, 9.17) is 28.4 Å². The molecular formula is C42H69N3O11. The number of ether oxygens (including phenoxy) is 6. The highest BCUT2D eigenvalue weighted by molar-refractivity contribution is 5.73. The number of esters is 1. The highest BCUT2D eigenvalue weighted by Gasteiger charge is 2.58. The molecule has 1 spiro atoms. The molecule has 4 fully saturated rings. The minimum absolute atomic E-state index is 0.0485. The Morgan fingerprint density at radius 1 is 1.05 bits per heavy atom. The number of rotatable bonds is 6. The SMILES string of the molecule is CC[C@H]1OC(=O)[C@H](C)[C@H]2OC3(CCN(C(=O)OCc4ccccc4)CC3)OC(C)(C[C@@H](C)CN[C@H](C)[C@@H](O)[C@]1(C)O)[C@H](OC1O[C@H](C)C[C@H](N(C)C)[C@H]1O)[C@H]2C. The van der Waals surface area contributed by atoms with Crippen LogP contribution in [0, 0.1) is 17.8 Å². The van der Waals surface area contributed by atoms with Crippen molar-refractivity contribution < 1.29 is 53.3 Å². The zero-order valence-electron chi connectivity index (χ0n) is 35.2. The number of carbonyl (C=O) groups is 2. The minimum atomic E-state index is -1.75. The summed E-state index contributed by atoms with van der Waals surface area (Å²) in [6.07, 6.45) is -4.47. The van der Waals surface area contributed by atoms with Gasteiger partial charge in [-0.2, -0.15) is 0 Å². The highest BCUT2D eigenvalue weighted by Crippen LogP contribution is 2.48. The smallest absolute Gasteiger partial charge is 0.410 e. The monoisotopic (exact) mass is 791 g/mol. The van der Waals surface area contributed by atoms with Gasteiger partial charge in [0.25, 0.3) is 0 Å². The Kier molecular flexibility index (Phi) is 14.6. The van der Waals surface area contributed by atoms with Gasteiger partial charge in [0.15, 0.2) is 12.1 Å². The first kappa shape index (κ1) is 44.7. The third-order valence-electron chi connectivity index (χ3n) is 12.7. The van der Waals surface area contributed by atoms with E-state index in [-0.39, 0.29) is 44.2 Å². The summed E-state index contributed by atoms with van der Waals surface area (Å²) in [6, 6.07) is 8.76. The number of piperidine rings is 1. The molecule has 14 nitrogen and oxygen atoms in total. The number of aliphatic hydroxyl groups excluding tert-OH is 2. The van der Waals surface area contributed by atoms with E-state index in [2.05, 4.69) is 12.2 Å². The maximum atomic E-state index is 14.3. The number of amides is 1. The Labute approximate surface area is 333 Å². The van der Waals surface area contributed by atoms with E-state index in [0.29, 0.717) is 32.2 Å². The standard InChI is InChI=1S/C42H69N3O11/c1-11-32-41(8,50)35(47)29(6)43-23-25(2)22-40(7)36(54-38-33(46)31(44(9)10)21-26(3)52-38)27(4)34(28(5)37(48)53-32)55-42(56-40)17-19-45(20-18-42)39(49)51-24-30-15-13-12-14-16-30/h12-16,25-29,31-36,38,43,46-47,50H,11,17-24H2,1-10H3/t25-,26-,27+,28-,29-,31+,32-,33-,34+,35-,36-,38?,40?,41-/m1/s1. The van der Waals surface area contributed by atoms with Gasteiger partial charge in [-0.1, -0.05) is 51.1 Å². The summed E-state index contributed by atoms with van der Waals surface area (Å²) >= 11 is 0. The van der Waals surface area contributed by atoms with E-state index in [1.54, 1.807) is 25.7 Å². The topological polar surface area (TPSA) is 169 Å². The van der Waals surface area contributed by atoms with Crippen LogP contribution in [0.2, 0.25) is 0 Å². The number of likely N-dealkylation sites (N-methyl/N-ethyl adjacent to an activating group) is 1. The largest absolute Gasteiger partial charge is 0.459 e. The Balaban J connectivity index is 1.53. The fraction of sp³-hybridized carbons (Fsp3) is 0.810. The van der Waals surface area contributed by atoms with Crippen molar-refractivity contribution in [1.29, 1.82) is 0 Å². The van der Waals surface area contributed by atoms with Gasteiger partial charge in [0.1, 0.15) is 30.5 Å². The van der Waals surface area contributed by atoms with Gasteiger partial charge >= 0.3 is 12.1 Å². The van der Waals surface area contributed by atoms with Gasteiger partial charge in [0.05, 0.1) is 29.8 Å². The van der Waals surface area contributed by atoms with Crippen LogP contribution in [-0.2, 0) is 39.8 Å². The number of fused-ring (bicyclic) bond motifs is 3. The van der Waals surface area contributed by atoms with Crippen molar-refractivity contribution in [2.24, 2.45) is 17.8 Å². The number of hydrogen-bond donors (Lipinski definition) is 4. The van der Waals surface area contributed by atoms with Crippen LogP contribution >= 0.6 is 0 Å². The maximum absolute atomic E-state index is 14.3. The number of aliphatic hydroxyl groups is 3. The number of nitrogens with zero attached hydrogens (tertiary/aromatic N) is 2. The molecule has 0 aliphatic carbocycles. The number of carbonyl (C=O) groups excluding carboxylic acids is 2. The lowest BCUT2D eigenvalue weighted by molar-refractivity contribution is -0.331. The molecule has 0 aromatic heterocycles. The van der Waals surface area contributed by atoms with E-state index in [0.717, 1.165) is 5.56 Å². The molecule has 14 heteroatoms. The summed E-state index contributed by atoms with van der Waals surface area (Å²) in [5, 5.41) is 38.1. The fourth-order valence-electron chi connectivity index (χ4n) is 9.39. The number of benzene rings is 1. The second kappa shape index (κ2) is 18.3. The van der Waals surface area contributed by atoms with Crippen molar-refractivity contribution in [3.63, 3.8) is 0 Å². The van der Waals surface area contributed by atoms with Crippen molar-refractivity contribution in [2.45, 2.75) is 166 Å². The first-order valence-electron chi connectivity index (χ1n) is 20.6. The van der Waals surface area contributed by atoms with Crippen LogP contribution < -0.4 is 5.32 Å². The zero-order chi connectivity index (χ0) is 41.2. The summed E-state index contributed by atoms with van der Waals surface area (Å²) in [6.45, 7) is 16.1. The third kappa shape index (κ3) is 9.89. The first-order valence-corrected chi connectivity index (χ1v) is 20.6. The Hall–Kier alpha value is -2.40. The normalized spacial score (nSPS) is 41.4. The molecule has 1 aromatic carbocycles. The average molecular weight is 792 g/mol. The Morgan fingerprint density at radius 2 is 1.71 bits per heavy atom. The van der Waals surface area contributed by atoms with Gasteiger partial charge in [0.2, 0.25) is 0 Å². The molecule has 4 aliphatic heterocycles. The number of hydrogen-bond acceptors (Lipinski definition) is 13.